The van der Waals surface area contributed by atoms with Gasteiger partial charge in [0.05, 0.1) is 17.2 Å². The summed E-state index contributed by atoms with van der Waals surface area (Å²) >= 11 is 3.33. The molecule has 0 aliphatic heterocycles. The first kappa shape index (κ1) is 22.2. The Morgan fingerprint density at radius 2 is 1.79 bits per heavy atom. The zero-order chi connectivity index (χ0) is 22.8. The average Bonchev–Trinajstić information content (AvgIpc) is 3.00. The number of hydrogen-bond donors (Lipinski definition) is 0. The SMILES string of the molecule is CC(C)Oc1ccc(CSc2nc3sc4c(c3c(=O)n2-c2ccccc2)CCCCC4)cc1. The molecular formula is C27H28N2O2S2. The molecule has 0 unspecified atom stereocenters. The van der Waals surface area contributed by atoms with Gasteiger partial charge in [0.1, 0.15) is 10.6 Å². The molecule has 2 aromatic heterocycles. The summed E-state index contributed by atoms with van der Waals surface area (Å²) in [6.07, 6.45) is 5.79. The third-order valence-corrected chi connectivity index (χ3v) is 8.08. The molecule has 0 amide bonds. The van der Waals surface area contributed by atoms with Gasteiger partial charge >= 0.3 is 0 Å². The van der Waals surface area contributed by atoms with Gasteiger partial charge in [0.15, 0.2) is 5.16 Å². The number of benzene rings is 2. The topological polar surface area (TPSA) is 44.1 Å². The second-order valence-electron chi connectivity index (χ2n) is 8.71. The van der Waals surface area contributed by atoms with Gasteiger partial charge in [-0.1, -0.05) is 48.5 Å². The highest BCUT2D eigenvalue weighted by molar-refractivity contribution is 7.98. The normalized spacial score (nSPS) is 13.8. The number of nitrogens with zero attached hydrogens (tertiary/aromatic N) is 2. The minimum Gasteiger partial charge on any atom is -0.491 e. The van der Waals surface area contributed by atoms with E-state index >= 15 is 0 Å². The summed E-state index contributed by atoms with van der Waals surface area (Å²) < 4.78 is 7.57. The van der Waals surface area contributed by atoms with Gasteiger partial charge in [0, 0.05) is 10.6 Å². The van der Waals surface area contributed by atoms with Crippen LogP contribution >= 0.6 is 23.1 Å². The molecule has 0 N–H and O–H groups in total. The summed E-state index contributed by atoms with van der Waals surface area (Å²) in [5.41, 5.74) is 3.35. The zero-order valence-corrected chi connectivity index (χ0v) is 20.7. The van der Waals surface area contributed by atoms with Gasteiger partial charge in [-0.05, 0) is 74.9 Å². The molecule has 4 nitrogen and oxygen atoms in total. The molecule has 1 aliphatic carbocycles. The molecule has 2 heterocycles. The lowest BCUT2D eigenvalue weighted by molar-refractivity contribution is 0.242. The maximum atomic E-state index is 13.9. The first-order valence-corrected chi connectivity index (χ1v) is 13.4. The fourth-order valence-electron chi connectivity index (χ4n) is 4.35. The van der Waals surface area contributed by atoms with E-state index in [1.54, 1.807) is 27.7 Å². The Hall–Kier alpha value is -2.57. The van der Waals surface area contributed by atoms with Crippen LogP contribution in [-0.4, -0.2) is 15.7 Å². The second kappa shape index (κ2) is 9.74. The summed E-state index contributed by atoms with van der Waals surface area (Å²) in [6, 6.07) is 18.1. The van der Waals surface area contributed by atoms with E-state index in [0.29, 0.717) is 0 Å². The monoisotopic (exact) mass is 476 g/mol. The minimum absolute atomic E-state index is 0.0637. The number of aromatic nitrogens is 2. The Bertz CT molecular complexity index is 1310. The summed E-state index contributed by atoms with van der Waals surface area (Å²) in [6.45, 7) is 4.05. The van der Waals surface area contributed by atoms with Crippen LogP contribution < -0.4 is 10.3 Å². The molecule has 0 bridgehead atoms. The van der Waals surface area contributed by atoms with Crippen LogP contribution in [0.15, 0.2) is 64.5 Å². The smallest absolute Gasteiger partial charge is 0.267 e. The van der Waals surface area contributed by atoms with Crippen molar-refractivity contribution in [2.45, 2.75) is 63.0 Å². The van der Waals surface area contributed by atoms with Crippen molar-refractivity contribution in [1.82, 2.24) is 9.55 Å². The van der Waals surface area contributed by atoms with E-state index in [9.17, 15) is 4.79 Å². The Kier molecular flexibility index (Phi) is 6.56. The third-order valence-electron chi connectivity index (χ3n) is 5.89. The van der Waals surface area contributed by atoms with Crippen molar-refractivity contribution in [3.8, 4) is 11.4 Å². The van der Waals surface area contributed by atoms with Crippen LogP contribution in [0.2, 0.25) is 0 Å². The Morgan fingerprint density at radius 3 is 2.55 bits per heavy atom. The summed E-state index contributed by atoms with van der Waals surface area (Å²) in [4.78, 5) is 21.1. The van der Waals surface area contributed by atoms with Crippen LogP contribution in [-0.2, 0) is 18.6 Å². The number of thioether (sulfide) groups is 1. The molecule has 0 fully saturated rings. The molecular weight excluding hydrogens is 448 g/mol. The number of thiophene rings is 1. The summed E-state index contributed by atoms with van der Waals surface area (Å²) in [7, 11) is 0. The number of rotatable bonds is 6. The van der Waals surface area contributed by atoms with Crippen LogP contribution in [0.25, 0.3) is 15.9 Å². The second-order valence-corrected chi connectivity index (χ2v) is 10.7. The van der Waals surface area contributed by atoms with E-state index in [-0.39, 0.29) is 11.7 Å². The van der Waals surface area contributed by atoms with Crippen LogP contribution in [0.3, 0.4) is 0 Å². The summed E-state index contributed by atoms with van der Waals surface area (Å²) in [5.74, 6) is 1.61. The van der Waals surface area contributed by atoms with E-state index < -0.39 is 0 Å². The highest BCUT2D eigenvalue weighted by atomic mass is 32.2. The molecule has 0 atom stereocenters. The predicted molar refractivity (Wildman–Crippen MR) is 138 cm³/mol. The van der Waals surface area contributed by atoms with Crippen molar-refractivity contribution in [2.24, 2.45) is 0 Å². The maximum absolute atomic E-state index is 13.9. The van der Waals surface area contributed by atoms with Crippen molar-refractivity contribution in [3.63, 3.8) is 0 Å². The van der Waals surface area contributed by atoms with Gasteiger partial charge < -0.3 is 4.74 Å². The molecule has 0 radical (unpaired) electrons. The van der Waals surface area contributed by atoms with Gasteiger partial charge in [-0.3, -0.25) is 9.36 Å². The molecule has 0 saturated heterocycles. The fraction of sp³-hybridized carbons (Fsp3) is 0.333. The highest BCUT2D eigenvalue weighted by Crippen LogP contribution is 2.35. The minimum atomic E-state index is 0.0637. The molecule has 0 saturated carbocycles. The van der Waals surface area contributed by atoms with Gasteiger partial charge in [0.2, 0.25) is 0 Å². The third kappa shape index (κ3) is 4.73. The average molecular weight is 477 g/mol. The predicted octanol–water partition coefficient (Wildman–Crippen LogP) is 6.80. The number of hydrogen-bond acceptors (Lipinski definition) is 5. The van der Waals surface area contributed by atoms with Gasteiger partial charge in [-0.25, -0.2) is 4.98 Å². The number of aryl methyl sites for hydroxylation is 2. The van der Waals surface area contributed by atoms with Crippen molar-refractivity contribution in [3.05, 3.63) is 81.0 Å². The Morgan fingerprint density at radius 1 is 1.03 bits per heavy atom. The van der Waals surface area contributed by atoms with Crippen LogP contribution in [0, 0.1) is 0 Å². The van der Waals surface area contributed by atoms with E-state index in [0.717, 1.165) is 51.8 Å². The Balaban J connectivity index is 1.54. The van der Waals surface area contributed by atoms with E-state index in [4.69, 9.17) is 9.72 Å². The van der Waals surface area contributed by atoms with Gasteiger partial charge in [0.25, 0.3) is 5.56 Å². The molecule has 5 rings (SSSR count). The molecule has 0 spiro atoms. The Labute approximate surface area is 202 Å². The lowest BCUT2D eigenvalue weighted by Gasteiger charge is -2.13. The standard InChI is InChI=1S/C27H28N2O2S2/c1-18(2)31-21-15-13-19(14-16-21)17-32-27-28-25-24(22-11-7-4-8-12-23(22)33-25)26(30)29(27)20-9-5-3-6-10-20/h3,5-6,9-10,13-16,18H,4,7-8,11-12,17H2,1-2H3. The van der Waals surface area contributed by atoms with Crippen LogP contribution in [0.1, 0.15) is 49.1 Å². The number of para-hydroxylation sites is 1. The molecule has 33 heavy (non-hydrogen) atoms. The molecule has 1 aliphatic rings. The van der Waals surface area contributed by atoms with E-state index in [1.807, 2.05) is 56.3 Å². The highest BCUT2D eigenvalue weighted by Gasteiger charge is 2.22. The number of ether oxygens (including phenoxy) is 1. The first-order chi connectivity index (χ1) is 16.1. The van der Waals surface area contributed by atoms with Crippen LogP contribution in [0.4, 0.5) is 0 Å². The van der Waals surface area contributed by atoms with E-state index in [1.165, 1.54) is 28.8 Å². The van der Waals surface area contributed by atoms with Crippen LogP contribution in [0.5, 0.6) is 5.75 Å². The molecule has 6 heteroatoms. The zero-order valence-electron chi connectivity index (χ0n) is 19.0. The summed E-state index contributed by atoms with van der Waals surface area (Å²) in [5, 5.41) is 1.58. The maximum Gasteiger partial charge on any atom is 0.267 e. The quantitative estimate of drug-likeness (QED) is 0.174. The first-order valence-electron chi connectivity index (χ1n) is 11.6. The lowest BCUT2D eigenvalue weighted by Crippen LogP contribution is -2.22. The van der Waals surface area contributed by atoms with Gasteiger partial charge in [-0.15, -0.1) is 11.3 Å². The molecule has 4 aromatic rings. The largest absolute Gasteiger partial charge is 0.491 e. The van der Waals surface area contributed by atoms with Crippen molar-refractivity contribution >= 4 is 33.3 Å². The van der Waals surface area contributed by atoms with Crippen molar-refractivity contribution < 1.29 is 4.74 Å². The number of fused-ring (bicyclic) bond motifs is 3. The van der Waals surface area contributed by atoms with Crippen molar-refractivity contribution in [2.75, 3.05) is 0 Å². The van der Waals surface area contributed by atoms with E-state index in [2.05, 4.69) is 12.1 Å². The fourth-order valence-corrected chi connectivity index (χ4v) is 6.62. The lowest BCUT2D eigenvalue weighted by atomic mass is 10.1. The molecule has 170 valence electrons. The van der Waals surface area contributed by atoms with Crippen molar-refractivity contribution in [1.29, 1.82) is 0 Å². The van der Waals surface area contributed by atoms with Gasteiger partial charge in [-0.2, -0.15) is 0 Å². The molecule has 2 aromatic carbocycles.